The number of ketones is 1. The van der Waals surface area contributed by atoms with Crippen LogP contribution < -0.4 is 4.74 Å². The van der Waals surface area contributed by atoms with Crippen molar-refractivity contribution < 1.29 is 9.53 Å². The normalized spacial score (nSPS) is 13.2. The number of hydrogen-bond acceptors (Lipinski definition) is 3. The van der Waals surface area contributed by atoms with E-state index >= 15 is 0 Å². The van der Waals surface area contributed by atoms with E-state index < -0.39 is 0 Å². The molecule has 0 fully saturated rings. The summed E-state index contributed by atoms with van der Waals surface area (Å²) in [7, 11) is 1.65. The molecule has 0 aliphatic heterocycles. The number of aromatic nitrogens is 1. The van der Waals surface area contributed by atoms with E-state index in [0.717, 1.165) is 38.9 Å². The van der Waals surface area contributed by atoms with Crippen molar-refractivity contribution in [2.45, 2.75) is 6.42 Å². The quantitative estimate of drug-likeness (QED) is 0.699. The number of nitrogens with zero attached hydrogens (tertiary/aromatic N) is 1. The largest absolute Gasteiger partial charge is 0.494 e. The minimum atomic E-state index is 0.176. The van der Waals surface area contributed by atoms with Gasteiger partial charge in [0.2, 0.25) is 0 Å². The summed E-state index contributed by atoms with van der Waals surface area (Å²) < 4.78 is 5.40. The van der Waals surface area contributed by atoms with E-state index in [2.05, 4.69) is 11.1 Å². The summed E-state index contributed by atoms with van der Waals surface area (Å²) in [6.07, 6.45) is 6.19. The van der Waals surface area contributed by atoms with Gasteiger partial charge in [-0.25, -0.2) is 0 Å². The highest BCUT2D eigenvalue weighted by atomic mass is 16.5. The van der Waals surface area contributed by atoms with Crippen LogP contribution in [0.5, 0.6) is 5.75 Å². The second-order valence-corrected chi connectivity index (χ2v) is 5.55. The van der Waals surface area contributed by atoms with Crippen molar-refractivity contribution >= 4 is 22.8 Å². The van der Waals surface area contributed by atoms with E-state index in [0.29, 0.717) is 6.42 Å². The monoisotopic (exact) mass is 301 g/mol. The predicted molar refractivity (Wildman–Crippen MR) is 91.7 cm³/mol. The predicted octanol–water partition coefficient (Wildman–Crippen LogP) is 4.51. The van der Waals surface area contributed by atoms with Crippen LogP contribution in [-0.2, 0) is 0 Å². The number of carbonyl (C=O) groups is 1. The molecule has 0 spiro atoms. The molecule has 3 nitrogen and oxygen atoms in total. The first-order valence-corrected chi connectivity index (χ1v) is 7.54. The van der Waals surface area contributed by atoms with E-state index in [9.17, 15) is 4.79 Å². The van der Waals surface area contributed by atoms with E-state index in [1.165, 1.54) is 0 Å². The Kier molecular flexibility index (Phi) is 3.19. The summed E-state index contributed by atoms with van der Waals surface area (Å²) in [5.74, 6) is 0.938. The molecule has 1 heterocycles. The number of fused-ring (bicyclic) bond motifs is 2. The van der Waals surface area contributed by atoms with Gasteiger partial charge in [0.05, 0.1) is 7.11 Å². The molecule has 2 aromatic carbocycles. The summed E-state index contributed by atoms with van der Waals surface area (Å²) in [4.78, 5) is 16.4. The molecule has 3 aromatic rings. The third-order valence-electron chi connectivity index (χ3n) is 4.22. The molecule has 112 valence electrons. The van der Waals surface area contributed by atoms with Crippen LogP contribution in [0.15, 0.2) is 54.7 Å². The van der Waals surface area contributed by atoms with Crippen molar-refractivity contribution in [1.82, 2.24) is 4.98 Å². The van der Waals surface area contributed by atoms with Crippen LogP contribution in [0.1, 0.15) is 22.3 Å². The fraction of sp³-hybridized carbons (Fsp3) is 0.100. The van der Waals surface area contributed by atoms with Gasteiger partial charge in [0.25, 0.3) is 0 Å². The zero-order valence-corrected chi connectivity index (χ0v) is 12.7. The third-order valence-corrected chi connectivity index (χ3v) is 4.22. The fourth-order valence-electron chi connectivity index (χ4n) is 3.09. The highest BCUT2D eigenvalue weighted by Crippen LogP contribution is 2.34. The number of hydrogen-bond donors (Lipinski definition) is 0. The van der Waals surface area contributed by atoms with Gasteiger partial charge in [0.1, 0.15) is 11.3 Å². The molecule has 3 heteroatoms. The standard InChI is InChI=1S/C20H15NO2/c1-23-19-10-9-15(17-5-3-11-21-20(17)19)14-7-8-16-13(12-14)4-2-6-18(16)22/h2-5,7-12H,6H2,1H3. The van der Waals surface area contributed by atoms with Crippen molar-refractivity contribution in [2.24, 2.45) is 0 Å². The van der Waals surface area contributed by atoms with Crippen molar-refractivity contribution in [3.63, 3.8) is 0 Å². The lowest BCUT2D eigenvalue weighted by Gasteiger charge is -2.13. The van der Waals surface area contributed by atoms with Gasteiger partial charge in [-0.3, -0.25) is 9.78 Å². The maximum absolute atomic E-state index is 12.0. The first-order chi connectivity index (χ1) is 11.3. The van der Waals surface area contributed by atoms with Gasteiger partial charge in [-0.1, -0.05) is 30.4 Å². The molecule has 1 aliphatic carbocycles. The lowest BCUT2D eigenvalue weighted by atomic mass is 9.91. The summed E-state index contributed by atoms with van der Waals surface area (Å²) in [5, 5.41) is 1.04. The number of pyridine rings is 1. The van der Waals surface area contributed by atoms with Crippen molar-refractivity contribution in [3.8, 4) is 16.9 Å². The molecule has 1 aliphatic rings. The molecule has 1 aromatic heterocycles. The summed E-state index contributed by atoms with van der Waals surface area (Å²) >= 11 is 0. The second kappa shape index (κ2) is 5.36. The molecular weight excluding hydrogens is 286 g/mol. The van der Waals surface area contributed by atoms with Crippen LogP contribution in [0, 0.1) is 0 Å². The fourth-order valence-corrected chi connectivity index (χ4v) is 3.09. The average molecular weight is 301 g/mol. The van der Waals surface area contributed by atoms with E-state index in [1.807, 2.05) is 48.6 Å². The minimum Gasteiger partial charge on any atom is -0.494 e. The topological polar surface area (TPSA) is 39.2 Å². The van der Waals surface area contributed by atoms with Gasteiger partial charge >= 0.3 is 0 Å². The van der Waals surface area contributed by atoms with E-state index in [-0.39, 0.29) is 5.78 Å². The Labute approximate surface area is 134 Å². The molecule has 0 amide bonds. The molecule has 0 unspecified atom stereocenters. The van der Waals surface area contributed by atoms with Crippen LogP contribution in [0.3, 0.4) is 0 Å². The average Bonchev–Trinajstić information content (AvgIpc) is 2.60. The number of rotatable bonds is 2. The number of allylic oxidation sites excluding steroid dienone is 1. The number of Topliss-reactive ketones (excluding diaryl/α,β-unsaturated/α-hetero) is 1. The summed E-state index contributed by atoms with van der Waals surface area (Å²) in [5.41, 5.74) is 4.78. The molecule has 0 atom stereocenters. The van der Waals surface area contributed by atoms with Gasteiger partial charge in [-0.15, -0.1) is 0 Å². The summed E-state index contributed by atoms with van der Waals surface area (Å²) in [6.45, 7) is 0. The highest BCUT2D eigenvalue weighted by molar-refractivity contribution is 6.04. The van der Waals surface area contributed by atoms with E-state index in [1.54, 1.807) is 13.3 Å². The molecule has 0 bridgehead atoms. The van der Waals surface area contributed by atoms with Gasteiger partial charge in [-0.2, -0.15) is 0 Å². The molecule has 0 radical (unpaired) electrons. The van der Waals surface area contributed by atoms with Crippen molar-refractivity contribution in [2.75, 3.05) is 7.11 Å². The Bertz CT molecular complexity index is 957. The smallest absolute Gasteiger partial charge is 0.167 e. The maximum atomic E-state index is 12.0. The molecule has 23 heavy (non-hydrogen) atoms. The SMILES string of the molecule is COc1ccc(-c2ccc3c(c2)C=CCC3=O)c2cccnc12. The number of carbonyl (C=O) groups excluding carboxylic acids is 1. The zero-order chi connectivity index (χ0) is 15.8. The van der Waals surface area contributed by atoms with Crippen LogP contribution in [0.4, 0.5) is 0 Å². The molecule has 0 saturated carbocycles. The third kappa shape index (κ3) is 2.21. The first kappa shape index (κ1) is 13.7. The number of ether oxygens (including phenoxy) is 1. The Morgan fingerprint density at radius 3 is 2.83 bits per heavy atom. The van der Waals surface area contributed by atoms with Crippen molar-refractivity contribution in [3.05, 3.63) is 65.9 Å². The second-order valence-electron chi connectivity index (χ2n) is 5.55. The Morgan fingerprint density at radius 2 is 1.96 bits per heavy atom. The minimum absolute atomic E-state index is 0.176. The van der Waals surface area contributed by atoms with Crippen LogP contribution in [-0.4, -0.2) is 17.9 Å². The van der Waals surface area contributed by atoms with Gasteiger partial charge in [-0.05, 0) is 41.0 Å². The zero-order valence-electron chi connectivity index (χ0n) is 12.7. The highest BCUT2D eigenvalue weighted by Gasteiger charge is 2.15. The van der Waals surface area contributed by atoms with Crippen LogP contribution in [0.2, 0.25) is 0 Å². The van der Waals surface area contributed by atoms with Gasteiger partial charge in [0.15, 0.2) is 5.78 Å². The Morgan fingerprint density at radius 1 is 1.09 bits per heavy atom. The molecule has 0 saturated heterocycles. The molecular formula is C20H15NO2. The lowest BCUT2D eigenvalue weighted by molar-refractivity contribution is 0.0994. The Balaban J connectivity index is 1.94. The molecule has 0 N–H and O–H groups in total. The Hall–Kier alpha value is -2.94. The van der Waals surface area contributed by atoms with Gasteiger partial charge < -0.3 is 4.74 Å². The number of methoxy groups -OCH3 is 1. The lowest BCUT2D eigenvalue weighted by Crippen LogP contribution is -2.04. The first-order valence-electron chi connectivity index (χ1n) is 7.54. The summed E-state index contributed by atoms with van der Waals surface area (Å²) in [6, 6.07) is 13.9. The molecule has 4 rings (SSSR count). The van der Waals surface area contributed by atoms with Gasteiger partial charge in [0, 0.05) is 23.6 Å². The van der Waals surface area contributed by atoms with Crippen molar-refractivity contribution in [1.29, 1.82) is 0 Å². The van der Waals surface area contributed by atoms with Crippen LogP contribution >= 0.6 is 0 Å². The van der Waals surface area contributed by atoms with E-state index in [4.69, 9.17) is 4.74 Å². The maximum Gasteiger partial charge on any atom is 0.167 e. The van der Waals surface area contributed by atoms with Crippen LogP contribution in [0.25, 0.3) is 28.1 Å². The number of benzene rings is 2.